The van der Waals surface area contributed by atoms with Gasteiger partial charge in [-0.2, -0.15) is 0 Å². The van der Waals surface area contributed by atoms with Gasteiger partial charge in [-0.25, -0.2) is 12.8 Å². The van der Waals surface area contributed by atoms with Gasteiger partial charge in [0.1, 0.15) is 5.82 Å². The molecule has 0 aromatic heterocycles. The first kappa shape index (κ1) is 22.0. The second-order valence-corrected chi connectivity index (χ2v) is 9.24. The number of rotatable bonds is 9. The summed E-state index contributed by atoms with van der Waals surface area (Å²) in [5.74, 6) is -0.808. The van der Waals surface area contributed by atoms with Crippen molar-refractivity contribution in [3.63, 3.8) is 0 Å². The highest BCUT2D eigenvalue weighted by atomic mass is 32.2. The first-order valence-electron chi connectivity index (χ1n) is 9.14. The van der Waals surface area contributed by atoms with Crippen LogP contribution in [-0.4, -0.2) is 57.1 Å². The van der Waals surface area contributed by atoms with E-state index in [4.69, 9.17) is 0 Å². The zero-order chi connectivity index (χ0) is 20.7. The number of amides is 1. The molecule has 0 heterocycles. The lowest BCUT2D eigenvalue weighted by Gasteiger charge is -2.24. The maximum atomic E-state index is 13.1. The van der Waals surface area contributed by atoms with Crippen LogP contribution in [0.15, 0.2) is 53.4 Å². The second-order valence-electron chi connectivity index (χ2n) is 7.13. The van der Waals surface area contributed by atoms with Gasteiger partial charge in [0.05, 0.1) is 10.6 Å². The molecule has 2 aromatic carbocycles. The molecule has 152 valence electrons. The fourth-order valence-corrected chi connectivity index (χ4v) is 3.90. The van der Waals surface area contributed by atoms with Crippen molar-refractivity contribution in [2.45, 2.75) is 24.8 Å². The summed E-state index contributed by atoms with van der Waals surface area (Å²) < 4.78 is 38.1. The van der Waals surface area contributed by atoms with Crippen LogP contribution in [0.25, 0.3) is 0 Å². The molecule has 0 radical (unpaired) electrons. The molecule has 0 aliphatic rings. The maximum absolute atomic E-state index is 13.1. The Bertz CT molecular complexity index is 879. The van der Waals surface area contributed by atoms with Crippen LogP contribution >= 0.6 is 0 Å². The molecular formula is C21H27FN2O3S. The molecule has 0 spiro atoms. The fourth-order valence-electron chi connectivity index (χ4n) is 2.67. The SMILES string of the molecule is Cc1ccc(S(=O)(=O)CCC(=O)N(CCN(C)C)Cc2ccc(F)cc2)cc1. The van der Waals surface area contributed by atoms with Crippen molar-refractivity contribution >= 4 is 15.7 Å². The number of likely N-dealkylation sites (N-methyl/N-ethyl adjacent to an activating group) is 1. The van der Waals surface area contributed by atoms with Crippen LogP contribution < -0.4 is 0 Å². The lowest BCUT2D eigenvalue weighted by molar-refractivity contribution is -0.131. The van der Waals surface area contributed by atoms with E-state index in [1.165, 1.54) is 12.1 Å². The molecule has 0 fully saturated rings. The molecular weight excluding hydrogens is 379 g/mol. The van der Waals surface area contributed by atoms with E-state index in [1.54, 1.807) is 41.3 Å². The van der Waals surface area contributed by atoms with Crippen LogP contribution in [0.3, 0.4) is 0 Å². The summed E-state index contributed by atoms with van der Waals surface area (Å²) in [6, 6.07) is 12.6. The van der Waals surface area contributed by atoms with E-state index in [9.17, 15) is 17.6 Å². The summed E-state index contributed by atoms with van der Waals surface area (Å²) in [7, 11) is 0.287. The van der Waals surface area contributed by atoms with E-state index in [1.807, 2.05) is 25.9 Å². The predicted molar refractivity (Wildman–Crippen MR) is 108 cm³/mol. The minimum atomic E-state index is -3.52. The lowest BCUT2D eigenvalue weighted by Crippen LogP contribution is -2.37. The summed E-state index contributed by atoms with van der Waals surface area (Å²) >= 11 is 0. The quantitative estimate of drug-likeness (QED) is 0.643. The number of hydrogen-bond donors (Lipinski definition) is 0. The molecule has 28 heavy (non-hydrogen) atoms. The number of halogens is 1. The molecule has 0 aliphatic heterocycles. The average molecular weight is 407 g/mol. The number of carbonyl (C=O) groups is 1. The number of sulfone groups is 1. The largest absolute Gasteiger partial charge is 0.337 e. The summed E-state index contributed by atoms with van der Waals surface area (Å²) in [4.78, 5) is 16.5. The summed E-state index contributed by atoms with van der Waals surface area (Å²) in [5.41, 5.74) is 1.78. The molecule has 2 rings (SSSR count). The van der Waals surface area contributed by atoms with Crippen molar-refractivity contribution in [2.75, 3.05) is 32.9 Å². The Morgan fingerprint density at radius 1 is 0.964 bits per heavy atom. The number of benzene rings is 2. The third-order valence-corrected chi connectivity index (χ3v) is 6.15. The molecule has 0 aliphatic carbocycles. The Balaban J connectivity index is 2.06. The van der Waals surface area contributed by atoms with E-state index in [2.05, 4.69) is 0 Å². The molecule has 2 aromatic rings. The minimum Gasteiger partial charge on any atom is -0.337 e. The Kier molecular flexibility index (Phi) is 7.71. The van der Waals surface area contributed by atoms with E-state index < -0.39 is 9.84 Å². The zero-order valence-electron chi connectivity index (χ0n) is 16.6. The Morgan fingerprint density at radius 2 is 1.57 bits per heavy atom. The van der Waals surface area contributed by atoms with Crippen molar-refractivity contribution in [1.29, 1.82) is 0 Å². The Hall–Kier alpha value is -2.25. The van der Waals surface area contributed by atoms with E-state index in [0.29, 0.717) is 19.6 Å². The number of aryl methyl sites for hydroxylation is 1. The second kappa shape index (κ2) is 9.80. The molecule has 0 atom stereocenters. The van der Waals surface area contributed by atoms with Crippen LogP contribution in [0.1, 0.15) is 17.5 Å². The highest BCUT2D eigenvalue weighted by molar-refractivity contribution is 7.91. The molecule has 0 saturated heterocycles. The minimum absolute atomic E-state index is 0.0924. The van der Waals surface area contributed by atoms with E-state index >= 15 is 0 Å². The summed E-state index contributed by atoms with van der Waals surface area (Å²) in [5, 5.41) is 0. The fraction of sp³-hybridized carbons (Fsp3) is 0.381. The Labute approximate surface area is 166 Å². The highest BCUT2D eigenvalue weighted by Gasteiger charge is 2.20. The number of carbonyl (C=O) groups excluding carboxylic acids is 1. The van der Waals surface area contributed by atoms with Gasteiger partial charge in [-0.3, -0.25) is 4.79 Å². The van der Waals surface area contributed by atoms with Gasteiger partial charge in [-0.15, -0.1) is 0 Å². The van der Waals surface area contributed by atoms with Crippen molar-refractivity contribution in [3.05, 3.63) is 65.5 Å². The van der Waals surface area contributed by atoms with Gasteiger partial charge >= 0.3 is 0 Å². The summed E-state index contributed by atoms with van der Waals surface area (Å²) in [6.07, 6.45) is -0.0924. The van der Waals surface area contributed by atoms with Gasteiger partial charge in [0.2, 0.25) is 5.91 Å². The maximum Gasteiger partial charge on any atom is 0.223 e. The molecule has 7 heteroatoms. The van der Waals surface area contributed by atoms with Crippen LogP contribution in [0.2, 0.25) is 0 Å². The average Bonchev–Trinajstić information content (AvgIpc) is 2.65. The number of hydrogen-bond acceptors (Lipinski definition) is 4. The van der Waals surface area contributed by atoms with Crippen molar-refractivity contribution < 1.29 is 17.6 Å². The standard InChI is InChI=1S/C21H27FN2O3S/c1-17-4-10-20(11-5-17)28(26,27)15-12-21(25)24(14-13-23(2)3)16-18-6-8-19(22)9-7-18/h4-11H,12-16H2,1-3H3. The highest BCUT2D eigenvalue weighted by Crippen LogP contribution is 2.14. The molecule has 0 unspecified atom stereocenters. The molecule has 0 saturated carbocycles. The smallest absolute Gasteiger partial charge is 0.223 e. The van der Waals surface area contributed by atoms with E-state index in [0.717, 1.165) is 11.1 Å². The molecule has 5 nitrogen and oxygen atoms in total. The third-order valence-electron chi connectivity index (χ3n) is 4.42. The summed E-state index contributed by atoms with van der Waals surface area (Å²) in [6.45, 7) is 3.32. The number of nitrogens with zero attached hydrogens (tertiary/aromatic N) is 2. The van der Waals surface area contributed by atoms with Crippen LogP contribution in [0, 0.1) is 12.7 Å². The van der Waals surface area contributed by atoms with Gasteiger partial charge in [0.25, 0.3) is 0 Å². The van der Waals surface area contributed by atoms with Crippen molar-refractivity contribution in [3.8, 4) is 0 Å². The first-order chi connectivity index (χ1) is 13.2. The third kappa shape index (κ3) is 6.73. The molecule has 0 bridgehead atoms. The Morgan fingerprint density at radius 3 is 2.14 bits per heavy atom. The monoisotopic (exact) mass is 406 g/mol. The predicted octanol–water partition coefficient (Wildman–Crippen LogP) is 2.89. The van der Waals surface area contributed by atoms with Gasteiger partial charge in [-0.1, -0.05) is 29.8 Å². The van der Waals surface area contributed by atoms with Gasteiger partial charge in [0.15, 0.2) is 9.84 Å². The van der Waals surface area contributed by atoms with Crippen molar-refractivity contribution in [1.82, 2.24) is 9.80 Å². The lowest BCUT2D eigenvalue weighted by atomic mass is 10.2. The molecule has 1 amide bonds. The van der Waals surface area contributed by atoms with Crippen LogP contribution in [0.4, 0.5) is 4.39 Å². The normalized spacial score (nSPS) is 11.6. The topological polar surface area (TPSA) is 57.7 Å². The first-order valence-corrected chi connectivity index (χ1v) is 10.8. The molecule has 0 N–H and O–H groups in total. The van der Waals surface area contributed by atoms with Gasteiger partial charge < -0.3 is 9.80 Å². The van der Waals surface area contributed by atoms with Crippen LogP contribution in [0.5, 0.6) is 0 Å². The van der Waals surface area contributed by atoms with Gasteiger partial charge in [-0.05, 0) is 50.8 Å². The zero-order valence-corrected chi connectivity index (χ0v) is 17.4. The van der Waals surface area contributed by atoms with Gasteiger partial charge in [0, 0.05) is 26.1 Å². The van der Waals surface area contributed by atoms with Crippen LogP contribution in [-0.2, 0) is 21.2 Å². The van der Waals surface area contributed by atoms with E-state index in [-0.39, 0.29) is 28.8 Å². The van der Waals surface area contributed by atoms with Crippen molar-refractivity contribution in [2.24, 2.45) is 0 Å².